The molecule has 0 atom stereocenters. The maximum atomic E-state index is 12.8. The van der Waals surface area contributed by atoms with Crippen molar-refractivity contribution in [2.45, 2.75) is 13.5 Å². The minimum Gasteiger partial charge on any atom is -0.461 e. The highest BCUT2D eigenvalue weighted by Gasteiger charge is 2.13. The average molecular weight is 263 g/mol. The minimum atomic E-state index is -0.507. The first-order valence-electron chi connectivity index (χ1n) is 5.85. The third-order valence-corrected chi connectivity index (χ3v) is 2.54. The molecule has 100 valence electrons. The van der Waals surface area contributed by atoms with E-state index >= 15 is 0 Å². The van der Waals surface area contributed by atoms with E-state index in [-0.39, 0.29) is 18.1 Å². The van der Waals surface area contributed by atoms with Gasteiger partial charge >= 0.3 is 5.97 Å². The predicted octanol–water partition coefficient (Wildman–Crippen LogP) is 1.83. The van der Waals surface area contributed by atoms with Gasteiger partial charge in [-0.15, -0.1) is 0 Å². The number of carbonyl (C=O) groups excluding carboxylic acids is 1. The van der Waals surface area contributed by atoms with E-state index in [0.29, 0.717) is 12.4 Å². The van der Waals surface area contributed by atoms with E-state index in [9.17, 15) is 9.18 Å². The standard InChI is InChI=1S/C13H14FN3O2/c1-2-19-13(18)11-7-12(15)17(16-11)8-9-3-5-10(14)6-4-9/h3-7H,2,8,15H2,1H3. The molecule has 0 fully saturated rings. The van der Waals surface area contributed by atoms with Crippen molar-refractivity contribution in [3.8, 4) is 0 Å². The van der Waals surface area contributed by atoms with Gasteiger partial charge in [-0.25, -0.2) is 13.9 Å². The highest BCUT2D eigenvalue weighted by Crippen LogP contribution is 2.11. The molecular formula is C13H14FN3O2. The molecule has 0 aliphatic carbocycles. The van der Waals surface area contributed by atoms with E-state index in [1.54, 1.807) is 19.1 Å². The molecule has 0 aliphatic rings. The number of esters is 1. The van der Waals surface area contributed by atoms with Crippen molar-refractivity contribution in [3.05, 3.63) is 47.4 Å². The first-order chi connectivity index (χ1) is 9.10. The summed E-state index contributed by atoms with van der Waals surface area (Å²) in [6.07, 6.45) is 0. The lowest BCUT2D eigenvalue weighted by Gasteiger charge is -2.04. The van der Waals surface area contributed by atoms with Crippen molar-refractivity contribution in [2.75, 3.05) is 12.3 Å². The second kappa shape index (κ2) is 5.51. The van der Waals surface area contributed by atoms with Gasteiger partial charge in [-0.3, -0.25) is 0 Å². The summed E-state index contributed by atoms with van der Waals surface area (Å²) < 4.78 is 19.1. The van der Waals surface area contributed by atoms with Gasteiger partial charge in [-0.2, -0.15) is 5.10 Å². The SMILES string of the molecule is CCOC(=O)c1cc(N)n(Cc2ccc(F)cc2)n1. The molecule has 0 saturated heterocycles. The van der Waals surface area contributed by atoms with E-state index in [4.69, 9.17) is 10.5 Å². The molecule has 2 N–H and O–H groups in total. The first kappa shape index (κ1) is 13.1. The lowest BCUT2D eigenvalue weighted by Crippen LogP contribution is -2.09. The van der Waals surface area contributed by atoms with Gasteiger partial charge in [-0.1, -0.05) is 12.1 Å². The van der Waals surface area contributed by atoms with Gasteiger partial charge in [-0.05, 0) is 24.6 Å². The molecule has 0 amide bonds. The number of nitrogens with two attached hydrogens (primary N) is 1. The zero-order valence-electron chi connectivity index (χ0n) is 10.5. The van der Waals surface area contributed by atoms with Crippen LogP contribution in [0.1, 0.15) is 23.0 Å². The fourth-order valence-corrected chi connectivity index (χ4v) is 1.63. The number of rotatable bonds is 4. The fourth-order valence-electron chi connectivity index (χ4n) is 1.63. The first-order valence-corrected chi connectivity index (χ1v) is 5.85. The third kappa shape index (κ3) is 3.09. The molecule has 1 aromatic heterocycles. The van der Waals surface area contributed by atoms with Gasteiger partial charge in [0.15, 0.2) is 5.69 Å². The highest BCUT2D eigenvalue weighted by molar-refractivity contribution is 5.88. The van der Waals surface area contributed by atoms with Crippen molar-refractivity contribution in [1.29, 1.82) is 0 Å². The summed E-state index contributed by atoms with van der Waals surface area (Å²) in [7, 11) is 0. The molecule has 5 nitrogen and oxygen atoms in total. The van der Waals surface area contributed by atoms with Crippen LogP contribution < -0.4 is 5.73 Å². The number of benzene rings is 1. The van der Waals surface area contributed by atoms with Crippen LogP contribution in [0.4, 0.5) is 10.2 Å². The topological polar surface area (TPSA) is 70.1 Å². The molecule has 1 aromatic carbocycles. The number of halogens is 1. The van der Waals surface area contributed by atoms with Crippen LogP contribution >= 0.6 is 0 Å². The van der Waals surface area contributed by atoms with Crippen molar-refractivity contribution < 1.29 is 13.9 Å². The van der Waals surface area contributed by atoms with Gasteiger partial charge < -0.3 is 10.5 Å². The molecule has 1 heterocycles. The van der Waals surface area contributed by atoms with E-state index in [1.807, 2.05) is 0 Å². The van der Waals surface area contributed by atoms with Crippen LogP contribution in [-0.4, -0.2) is 22.4 Å². The Balaban J connectivity index is 2.17. The van der Waals surface area contributed by atoms with Crippen LogP contribution in [0.3, 0.4) is 0 Å². The molecule has 2 rings (SSSR count). The van der Waals surface area contributed by atoms with E-state index in [1.165, 1.54) is 22.9 Å². The number of nitrogens with zero attached hydrogens (tertiary/aromatic N) is 2. The minimum absolute atomic E-state index is 0.168. The number of ether oxygens (including phenoxy) is 1. The number of hydrogen-bond acceptors (Lipinski definition) is 4. The molecule has 6 heteroatoms. The Morgan fingerprint density at radius 1 is 1.42 bits per heavy atom. The molecule has 19 heavy (non-hydrogen) atoms. The normalized spacial score (nSPS) is 10.4. The molecular weight excluding hydrogens is 249 g/mol. The van der Waals surface area contributed by atoms with Gasteiger partial charge in [0, 0.05) is 6.07 Å². The van der Waals surface area contributed by atoms with Crippen LogP contribution in [0.15, 0.2) is 30.3 Å². The average Bonchev–Trinajstić information content (AvgIpc) is 2.74. The summed E-state index contributed by atoms with van der Waals surface area (Å²) in [5.74, 6) is -0.455. The molecule has 0 bridgehead atoms. The second-order valence-corrected chi connectivity index (χ2v) is 3.96. The smallest absolute Gasteiger partial charge is 0.358 e. The molecule has 0 spiro atoms. The summed E-state index contributed by atoms with van der Waals surface area (Å²) in [6, 6.07) is 7.46. The number of hydrogen-bond donors (Lipinski definition) is 1. The van der Waals surface area contributed by atoms with Crippen molar-refractivity contribution in [3.63, 3.8) is 0 Å². The highest BCUT2D eigenvalue weighted by atomic mass is 19.1. The van der Waals surface area contributed by atoms with Crippen LogP contribution in [-0.2, 0) is 11.3 Å². The fraction of sp³-hybridized carbons (Fsp3) is 0.231. The maximum absolute atomic E-state index is 12.8. The largest absolute Gasteiger partial charge is 0.461 e. The molecule has 0 unspecified atom stereocenters. The van der Waals surface area contributed by atoms with Crippen molar-refractivity contribution in [1.82, 2.24) is 9.78 Å². The lowest BCUT2D eigenvalue weighted by molar-refractivity contribution is 0.0518. The Bertz CT molecular complexity index is 578. The van der Waals surface area contributed by atoms with Gasteiger partial charge in [0.05, 0.1) is 13.2 Å². The Kier molecular flexibility index (Phi) is 3.79. The number of anilines is 1. The summed E-state index contributed by atoms with van der Waals surface area (Å²) >= 11 is 0. The zero-order valence-corrected chi connectivity index (χ0v) is 10.5. The van der Waals surface area contributed by atoms with Crippen LogP contribution in [0, 0.1) is 5.82 Å². The summed E-state index contributed by atoms with van der Waals surface area (Å²) in [4.78, 5) is 11.5. The van der Waals surface area contributed by atoms with Crippen LogP contribution in [0.5, 0.6) is 0 Å². The monoisotopic (exact) mass is 263 g/mol. The number of carbonyl (C=O) groups is 1. The van der Waals surface area contributed by atoms with Crippen LogP contribution in [0.2, 0.25) is 0 Å². The predicted molar refractivity (Wildman–Crippen MR) is 68.1 cm³/mol. The molecule has 0 radical (unpaired) electrons. The van der Waals surface area contributed by atoms with E-state index < -0.39 is 5.97 Å². The number of nitrogen functional groups attached to an aromatic ring is 1. The Morgan fingerprint density at radius 2 is 2.11 bits per heavy atom. The van der Waals surface area contributed by atoms with Gasteiger partial charge in [0.2, 0.25) is 0 Å². The quantitative estimate of drug-likeness (QED) is 0.854. The number of aromatic nitrogens is 2. The van der Waals surface area contributed by atoms with Crippen molar-refractivity contribution >= 4 is 11.8 Å². The second-order valence-electron chi connectivity index (χ2n) is 3.96. The maximum Gasteiger partial charge on any atom is 0.358 e. The van der Waals surface area contributed by atoms with Gasteiger partial charge in [0.1, 0.15) is 11.6 Å². The lowest BCUT2D eigenvalue weighted by atomic mass is 10.2. The summed E-state index contributed by atoms with van der Waals surface area (Å²) in [6.45, 7) is 2.37. The summed E-state index contributed by atoms with van der Waals surface area (Å²) in [5, 5.41) is 4.07. The van der Waals surface area contributed by atoms with E-state index in [2.05, 4.69) is 5.10 Å². The summed E-state index contributed by atoms with van der Waals surface area (Å²) in [5.41, 5.74) is 6.78. The molecule has 0 saturated carbocycles. The Hall–Kier alpha value is -2.37. The Labute approximate surface area is 109 Å². The third-order valence-electron chi connectivity index (χ3n) is 2.54. The van der Waals surface area contributed by atoms with E-state index in [0.717, 1.165) is 5.56 Å². The molecule has 2 aromatic rings. The molecule has 0 aliphatic heterocycles. The Morgan fingerprint density at radius 3 is 2.74 bits per heavy atom. The van der Waals surface area contributed by atoms with Crippen LogP contribution in [0.25, 0.3) is 0 Å². The van der Waals surface area contributed by atoms with Crippen molar-refractivity contribution in [2.24, 2.45) is 0 Å². The van der Waals surface area contributed by atoms with Gasteiger partial charge in [0.25, 0.3) is 0 Å². The zero-order chi connectivity index (χ0) is 13.8.